The van der Waals surface area contributed by atoms with Crippen LogP contribution in [0, 0.1) is 0 Å². The normalized spacial score (nSPS) is 17.7. The summed E-state index contributed by atoms with van der Waals surface area (Å²) in [7, 11) is 1.60. The molecule has 4 N–H and O–H groups in total. The number of thioether (sulfide) groups is 1. The number of carbonyl (C=O) groups is 2. The van der Waals surface area contributed by atoms with Crippen LogP contribution in [0.25, 0.3) is 22.3 Å². The number of hydrogen-bond donors (Lipinski definition) is 3. The lowest BCUT2D eigenvalue weighted by molar-refractivity contribution is -0.145. The zero-order chi connectivity index (χ0) is 32.3. The van der Waals surface area contributed by atoms with Gasteiger partial charge in [-0.15, -0.1) is 11.8 Å². The van der Waals surface area contributed by atoms with Crippen LogP contribution in [-0.4, -0.2) is 96.6 Å². The topological polar surface area (TPSA) is 166 Å². The van der Waals surface area contributed by atoms with Crippen LogP contribution in [-0.2, 0) is 23.8 Å². The summed E-state index contributed by atoms with van der Waals surface area (Å²) in [5.41, 5.74) is 6.45. The monoisotopic (exact) mass is 680 g/mol. The molecule has 0 radical (unpaired) electrons. The average molecular weight is 682 g/mol. The van der Waals surface area contributed by atoms with E-state index in [1.165, 1.54) is 0 Å². The molecule has 0 spiro atoms. The molecule has 2 aliphatic heterocycles. The zero-order valence-corrected chi connectivity index (χ0v) is 26.8. The third kappa shape index (κ3) is 9.91. The van der Waals surface area contributed by atoms with E-state index in [2.05, 4.69) is 9.97 Å². The Morgan fingerprint density at radius 1 is 1.11 bits per heavy atom. The number of carboxylic acids is 1. The van der Waals surface area contributed by atoms with Crippen molar-refractivity contribution in [2.45, 2.75) is 24.3 Å². The Kier molecular flexibility index (Phi) is 13.1. The smallest absolute Gasteiger partial charge is 0.321 e. The van der Waals surface area contributed by atoms with Gasteiger partial charge in [-0.1, -0.05) is 23.2 Å². The minimum absolute atomic E-state index is 0.0480. The number of ether oxygens (including phenoxy) is 4. The fourth-order valence-electron chi connectivity index (χ4n) is 4.55. The SMILES string of the molecule is COCCOCCOCC(N)=O.O=C(O)C1CC(COc2ccc(Cl)cc2-c2nc3ccc(Cl)cc3c(=O)[nH]2)=CSC2CCN21. The molecule has 1 fully saturated rings. The van der Waals surface area contributed by atoms with E-state index in [4.69, 9.17) is 47.9 Å². The maximum absolute atomic E-state index is 12.6. The second-order valence-electron chi connectivity index (χ2n) is 10.1. The molecule has 0 aliphatic carbocycles. The molecule has 2 unspecified atom stereocenters. The number of nitrogens with two attached hydrogens (primary N) is 1. The van der Waals surface area contributed by atoms with Crippen molar-refractivity contribution in [1.82, 2.24) is 14.9 Å². The Hall–Kier alpha value is -3.17. The molecule has 3 aromatic rings. The fraction of sp³-hybridized carbons (Fsp3) is 0.400. The summed E-state index contributed by atoms with van der Waals surface area (Å²) in [4.78, 5) is 43.9. The zero-order valence-electron chi connectivity index (χ0n) is 24.5. The van der Waals surface area contributed by atoms with E-state index in [9.17, 15) is 19.5 Å². The number of benzene rings is 2. The van der Waals surface area contributed by atoms with E-state index in [1.807, 2.05) is 10.3 Å². The second kappa shape index (κ2) is 16.9. The number of primary amides is 1. The van der Waals surface area contributed by atoms with Gasteiger partial charge in [-0.3, -0.25) is 19.3 Å². The van der Waals surface area contributed by atoms with Gasteiger partial charge in [0.05, 0.1) is 48.3 Å². The van der Waals surface area contributed by atoms with E-state index >= 15 is 0 Å². The second-order valence-corrected chi connectivity index (χ2v) is 12.0. The molecule has 45 heavy (non-hydrogen) atoms. The molecule has 3 heterocycles. The van der Waals surface area contributed by atoms with Crippen LogP contribution in [0.15, 0.2) is 52.2 Å². The first kappa shape index (κ1) is 34.7. The molecule has 2 atom stereocenters. The number of nitrogens with zero attached hydrogens (tertiary/aromatic N) is 2. The van der Waals surface area contributed by atoms with Gasteiger partial charge in [0.15, 0.2) is 0 Å². The lowest BCUT2D eigenvalue weighted by atomic mass is 10.0. The molecule has 242 valence electrons. The summed E-state index contributed by atoms with van der Waals surface area (Å²) in [6, 6.07) is 9.47. The Bertz CT molecular complexity index is 1590. The van der Waals surface area contributed by atoms with E-state index in [0.29, 0.717) is 70.9 Å². The molecule has 1 saturated heterocycles. The Labute approximate surface area is 273 Å². The van der Waals surface area contributed by atoms with Crippen LogP contribution in [0.5, 0.6) is 5.75 Å². The lowest BCUT2D eigenvalue weighted by Crippen LogP contribution is -2.53. The molecule has 1 amide bonds. The van der Waals surface area contributed by atoms with Gasteiger partial charge < -0.3 is 34.8 Å². The Balaban J connectivity index is 0.000000328. The number of methoxy groups -OCH3 is 1. The minimum atomic E-state index is -0.821. The van der Waals surface area contributed by atoms with Gasteiger partial charge in [-0.05, 0) is 60.2 Å². The predicted molar refractivity (Wildman–Crippen MR) is 173 cm³/mol. The summed E-state index contributed by atoms with van der Waals surface area (Å²) in [5.74, 6) is -0.476. The first-order valence-corrected chi connectivity index (χ1v) is 15.7. The number of rotatable bonds is 13. The number of fused-ring (bicyclic) bond motifs is 2. The molecule has 5 rings (SSSR count). The number of amides is 1. The van der Waals surface area contributed by atoms with Crippen LogP contribution in [0.3, 0.4) is 0 Å². The highest BCUT2D eigenvalue weighted by Gasteiger charge is 2.39. The molecule has 2 aromatic carbocycles. The number of nitrogens with one attached hydrogen (secondary N) is 1. The molecule has 0 saturated carbocycles. The quantitative estimate of drug-likeness (QED) is 0.224. The van der Waals surface area contributed by atoms with Gasteiger partial charge in [0.1, 0.15) is 30.8 Å². The molecule has 12 nitrogen and oxygen atoms in total. The molecular formula is C30H34Cl2N4O8S. The number of carbonyl (C=O) groups excluding carboxylic acids is 1. The summed E-state index contributed by atoms with van der Waals surface area (Å²) >= 11 is 13.9. The van der Waals surface area contributed by atoms with Crippen LogP contribution in [0.1, 0.15) is 12.8 Å². The molecule has 1 aromatic heterocycles. The van der Waals surface area contributed by atoms with Crippen molar-refractivity contribution in [3.8, 4) is 17.1 Å². The van der Waals surface area contributed by atoms with Crippen molar-refractivity contribution in [2.75, 3.05) is 53.3 Å². The van der Waals surface area contributed by atoms with Crippen molar-refractivity contribution >= 4 is 57.7 Å². The largest absolute Gasteiger partial charge is 0.488 e. The number of aromatic nitrogens is 2. The number of carboxylic acid groups (broad SMARTS) is 1. The first-order valence-electron chi connectivity index (χ1n) is 14.0. The third-order valence-corrected chi connectivity index (χ3v) is 8.62. The number of hydrogen-bond acceptors (Lipinski definition) is 10. The number of aromatic amines is 1. The Morgan fingerprint density at radius 2 is 1.84 bits per heavy atom. The first-order chi connectivity index (χ1) is 21.7. The van der Waals surface area contributed by atoms with E-state index in [0.717, 1.165) is 18.5 Å². The minimum Gasteiger partial charge on any atom is -0.488 e. The van der Waals surface area contributed by atoms with Crippen molar-refractivity contribution in [3.05, 3.63) is 67.8 Å². The molecule has 2 aliphatic rings. The van der Waals surface area contributed by atoms with Crippen molar-refractivity contribution in [2.24, 2.45) is 5.73 Å². The fourth-order valence-corrected chi connectivity index (χ4v) is 6.06. The lowest BCUT2D eigenvalue weighted by Gasteiger charge is -2.42. The Morgan fingerprint density at radius 3 is 2.56 bits per heavy atom. The molecule has 0 bridgehead atoms. The number of H-pyrrole nitrogens is 1. The maximum atomic E-state index is 12.6. The highest BCUT2D eigenvalue weighted by Crippen LogP contribution is 2.38. The average Bonchev–Trinajstić information content (AvgIpc) is 3.11. The van der Waals surface area contributed by atoms with Crippen LogP contribution >= 0.6 is 35.0 Å². The van der Waals surface area contributed by atoms with E-state index in [-0.39, 0.29) is 24.1 Å². The molecular weight excluding hydrogens is 647 g/mol. The standard InChI is InChI=1S/C23H19Cl2N3O4S.C7H15NO4/c24-13-1-3-17-15(8-13)22(29)27-21(26-17)16-9-14(25)2-4-19(16)32-10-12-7-18(23(30)31)28-6-5-20(28)33-11-12;1-10-2-3-11-4-5-12-6-7(8)9/h1-4,8-9,11,18,20H,5-7,10H2,(H,30,31)(H,26,27,29);2-6H2,1H3,(H2,8,9). The number of aliphatic carboxylic acids is 1. The highest BCUT2D eigenvalue weighted by atomic mass is 35.5. The predicted octanol–water partition coefficient (Wildman–Crippen LogP) is 3.93. The van der Waals surface area contributed by atoms with Crippen LogP contribution < -0.4 is 16.0 Å². The van der Waals surface area contributed by atoms with Crippen LogP contribution in [0.4, 0.5) is 0 Å². The highest BCUT2D eigenvalue weighted by molar-refractivity contribution is 8.02. The van der Waals surface area contributed by atoms with Gasteiger partial charge in [0.25, 0.3) is 5.56 Å². The number of halogens is 2. The summed E-state index contributed by atoms with van der Waals surface area (Å²) < 4.78 is 20.7. The van der Waals surface area contributed by atoms with Crippen molar-refractivity contribution < 1.29 is 33.6 Å². The van der Waals surface area contributed by atoms with Crippen molar-refractivity contribution in [1.29, 1.82) is 0 Å². The van der Waals surface area contributed by atoms with Gasteiger partial charge >= 0.3 is 5.97 Å². The van der Waals surface area contributed by atoms with E-state index < -0.39 is 17.9 Å². The van der Waals surface area contributed by atoms with Gasteiger partial charge in [0, 0.05) is 23.7 Å². The van der Waals surface area contributed by atoms with Gasteiger partial charge in [0.2, 0.25) is 5.91 Å². The molecule has 15 heteroatoms. The van der Waals surface area contributed by atoms with Gasteiger partial charge in [-0.2, -0.15) is 0 Å². The summed E-state index contributed by atoms with van der Waals surface area (Å²) in [6.07, 6.45) is 1.38. The maximum Gasteiger partial charge on any atom is 0.321 e. The summed E-state index contributed by atoms with van der Waals surface area (Å²) in [6.45, 7) is 2.91. The van der Waals surface area contributed by atoms with E-state index in [1.54, 1.807) is 55.3 Å². The third-order valence-electron chi connectivity index (χ3n) is 6.86. The summed E-state index contributed by atoms with van der Waals surface area (Å²) in [5, 5.41) is 13.2. The van der Waals surface area contributed by atoms with Crippen LogP contribution in [0.2, 0.25) is 10.0 Å². The van der Waals surface area contributed by atoms with Gasteiger partial charge in [-0.25, -0.2) is 4.98 Å². The van der Waals surface area contributed by atoms with Crippen molar-refractivity contribution in [3.63, 3.8) is 0 Å².